The van der Waals surface area contributed by atoms with Crippen molar-refractivity contribution in [3.63, 3.8) is 0 Å². The lowest BCUT2D eigenvalue weighted by atomic mass is 10.3. The molecule has 0 fully saturated rings. The molecule has 0 aromatic carbocycles. The van der Waals surface area contributed by atoms with Gasteiger partial charge in [0.1, 0.15) is 0 Å². The molecule has 0 bridgehead atoms. The first-order chi connectivity index (χ1) is 9.84. The summed E-state index contributed by atoms with van der Waals surface area (Å²) >= 11 is 7.79. The van der Waals surface area contributed by atoms with E-state index in [1.165, 1.54) is 9.81 Å². The molecule has 104 valence electrons. The van der Waals surface area contributed by atoms with Crippen molar-refractivity contribution in [2.45, 2.75) is 18.2 Å². The number of alkyl halides is 1. The predicted octanol–water partition coefficient (Wildman–Crippen LogP) is 4.66. The van der Waals surface area contributed by atoms with Crippen LogP contribution in [0.4, 0.5) is 0 Å². The molecule has 4 heteroatoms. The van der Waals surface area contributed by atoms with Gasteiger partial charge < -0.3 is 5.32 Å². The van der Waals surface area contributed by atoms with Crippen LogP contribution in [0.5, 0.6) is 0 Å². The number of nitrogens with one attached hydrogen (secondary N) is 1. The van der Waals surface area contributed by atoms with E-state index in [2.05, 4.69) is 28.5 Å². The Kier molecular flexibility index (Phi) is 6.48. The van der Waals surface area contributed by atoms with Crippen LogP contribution in [0.2, 0.25) is 0 Å². The first kappa shape index (κ1) is 14.9. The maximum atomic E-state index is 6.06. The van der Waals surface area contributed by atoms with Crippen LogP contribution in [-0.2, 0) is 0 Å². The first-order valence-electron chi connectivity index (χ1n) is 6.51. The second-order valence-electron chi connectivity index (χ2n) is 4.23. The van der Waals surface area contributed by atoms with Crippen molar-refractivity contribution in [1.29, 1.82) is 0 Å². The third-order valence-electron chi connectivity index (χ3n) is 2.61. The number of rotatable bonds is 2. The molecule has 2 rings (SSSR count). The van der Waals surface area contributed by atoms with E-state index in [4.69, 9.17) is 11.6 Å². The van der Waals surface area contributed by atoms with Gasteiger partial charge in [0.15, 0.2) is 0 Å². The highest BCUT2D eigenvalue weighted by Crippen LogP contribution is 2.31. The average Bonchev–Trinajstić information content (AvgIpc) is 2.67. The molecule has 1 heterocycles. The van der Waals surface area contributed by atoms with Crippen LogP contribution in [0.25, 0.3) is 0 Å². The van der Waals surface area contributed by atoms with Crippen molar-refractivity contribution in [1.82, 2.24) is 5.32 Å². The van der Waals surface area contributed by atoms with E-state index in [9.17, 15) is 0 Å². The molecule has 0 aromatic rings. The molecule has 2 nitrogen and oxygen atoms in total. The Bertz CT molecular complexity index is 525. The van der Waals surface area contributed by atoms with Crippen LogP contribution in [0.15, 0.2) is 75.8 Å². The Morgan fingerprint density at radius 3 is 3.15 bits per heavy atom. The minimum Gasteiger partial charge on any atom is -0.353 e. The molecule has 1 unspecified atom stereocenters. The molecule has 1 N–H and O–H groups in total. The van der Waals surface area contributed by atoms with Gasteiger partial charge in [-0.05, 0) is 25.0 Å². The van der Waals surface area contributed by atoms with Gasteiger partial charge in [-0.25, -0.2) is 4.99 Å². The number of aliphatic imine (C=N–C) groups is 1. The fourth-order valence-electron chi connectivity index (χ4n) is 1.64. The number of allylic oxidation sites excluding steroid dienone is 9. The van der Waals surface area contributed by atoms with Crippen molar-refractivity contribution < 1.29 is 0 Å². The van der Waals surface area contributed by atoms with Crippen LogP contribution in [0, 0.1) is 0 Å². The van der Waals surface area contributed by atoms with E-state index in [0.717, 1.165) is 12.8 Å². The number of nitrogens with zero attached hydrogens (tertiary/aromatic N) is 1. The Morgan fingerprint density at radius 1 is 1.25 bits per heavy atom. The highest BCUT2D eigenvalue weighted by Gasteiger charge is 2.04. The standard InChI is InChI=1S/C16H17ClN2S/c17-14-6-5-8-15(10-9-14)20-16-7-3-1-2-4-11-18-13-19-12-16/h1-2,4-6,8-14H,3,7H2,(H,18,19)/b2-1+,11-4-,16-12+. The van der Waals surface area contributed by atoms with Crippen LogP contribution in [0.3, 0.4) is 0 Å². The molecule has 1 aliphatic heterocycles. The zero-order valence-corrected chi connectivity index (χ0v) is 12.6. The van der Waals surface area contributed by atoms with E-state index in [0.29, 0.717) is 0 Å². The van der Waals surface area contributed by atoms with Crippen LogP contribution in [-0.4, -0.2) is 11.7 Å². The summed E-state index contributed by atoms with van der Waals surface area (Å²) in [7, 11) is 0. The predicted molar refractivity (Wildman–Crippen MR) is 90.8 cm³/mol. The highest BCUT2D eigenvalue weighted by atomic mass is 35.5. The van der Waals surface area contributed by atoms with Gasteiger partial charge in [0.2, 0.25) is 0 Å². The average molecular weight is 305 g/mol. The quantitative estimate of drug-likeness (QED) is 0.750. The van der Waals surface area contributed by atoms with E-state index in [1.807, 2.05) is 42.8 Å². The van der Waals surface area contributed by atoms with E-state index in [-0.39, 0.29) is 5.38 Å². The van der Waals surface area contributed by atoms with Gasteiger partial charge in [0.25, 0.3) is 0 Å². The molecule has 1 aliphatic carbocycles. The van der Waals surface area contributed by atoms with Gasteiger partial charge >= 0.3 is 0 Å². The fourth-order valence-corrected chi connectivity index (χ4v) is 2.73. The zero-order chi connectivity index (χ0) is 14.0. The summed E-state index contributed by atoms with van der Waals surface area (Å²) < 4.78 is 0. The topological polar surface area (TPSA) is 24.4 Å². The van der Waals surface area contributed by atoms with Crippen molar-refractivity contribution >= 4 is 29.7 Å². The van der Waals surface area contributed by atoms with Gasteiger partial charge in [-0.1, -0.05) is 48.2 Å². The third-order valence-corrected chi connectivity index (χ3v) is 3.98. The molecule has 0 amide bonds. The SMILES string of the molecule is ClC1C=CC=C(S/C2=C/N=CN/C=C\C=C\CC2)C=C1. The highest BCUT2D eigenvalue weighted by molar-refractivity contribution is 8.06. The number of thioether (sulfide) groups is 1. The lowest BCUT2D eigenvalue weighted by Gasteiger charge is -2.05. The van der Waals surface area contributed by atoms with Crippen LogP contribution in [0.1, 0.15) is 12.8 Å². The van der Waals surface area contributed by atoms with Gasteiger partial charge in [-0.15, -0.1) is 11.6 Å². The smallest absolute Gasteiger partial charge is 0.0918 e. The molecule has 0 aromatic heterocycles. The van der Waals surface area contributed by atoms with Crippen LogP contribution >= 0.6 is 23.4 Å². The Labute approximate surface area is 129 Å². The fraction of sp³-hybridized carbons (Fsp3) is 0.188. The summed E-state index contributed by atoms with van der Waals surface area (Å²) in [6.45, 7) is 0. The summed E-state index contributed by atoms with van der Waals surface area (Å²) in [5, 5.41) is 2.96. The summed E-state index contributed by atoms with van der Waals surface area (Å²) in [5.74, 6) is 0. The zero-order valence-electron chi connectivity index (χ0n) is 11.1. The van der Waals surface area contributed by atoms with Gasteiger partial charge in [0.05, 0.1) is 11.7 Å². The van der Waals surface area contributed by atoms with Crippen LogP contribution < -0.4 is 5.32 Å². The normalized spacial score (nSPS) is 28.4. The molecular weight excluding hydrogens is 288 g/mol. The molecule has 0 radical (unpaired) electrons. The van der Waals surface area contributed by atoms with Crippen molar-refractivity contribution in [3.05, 3.63) is 70.8 Å². The van der Waals surface area contributed by atoms with Crippen molar-refractivity contribution in [3.8, 4) is 0 Å². The summed E-state index contributed by atoms with van der Waals surface area (Å²) in [4.78, 5) is 6.67. The van der Waals surface area contributed by atoms with Crippen molar-refractivity contribution in [2.75, 3.05) is 0 Å². The minimum atomic E-state index is -0.0258. The number of halogens is 1. The second-order valence-corrected chi connectivity index (χ2v) is 5.93. The second kappa shape index (κ2) is 8.67. The number of hydrogen-bond acceptors (Lipinski definition) is 3. The number of hydrogen-bond donors (Lipinski definition) is 1. The molecule has 1 atom stereocenters. The Hall–Kier alpha value is -1.45. The largest absolute Gasteiger partial charge is 0.353 e. The Balaban J connectivity index is 2.04. The minimum absolute atomic E-state index is 0.0258. The molecule has 2 aliphatic rings. The maximum Gasteiger partial charge on any atom is 0.0918 e. The molecule has 0 spiro atoms. The first-order valence-corrected chi connectivity index (χ1v) is 7.77. The third kappa shape index (κ3) is 5.68. The van der Waals surface area contributed by atoms with Crippen molar-refractivity contribution in [2.24, 2.45) is 4.99 Å². The Morgan fingerprint density at radius 2 is 2.20 bits per heavy atom. The van der Waals surface area contributed by atoms with Gasteiger partial charge in [0, 0.05) is 22.2 Å². The molecule has 20 heavy (non-hydrogen) atoms. The lowest BCUT2D eigenvalue weighted by molar-refractivity contribution is 1.03. The summed E-state index contributed by atoms with van der Waals surface area (Å²) in [6.07, 6.45) is 23.7. The van der Waals surface area contributed by atoms with Gasteiger partial charge in [-0.2, -0.15) is 0 Å². The van der Waals surface area contributed by atoms with E-state index < -0.39 is 0 Å². The monoisotopic (exact) mass is 304 g/mol. The maximum absolute atomic E-state index is 6.06. The van der Waals surface area contributed by atoms with Gasteiger partial charge in [-0.3, -0.25) is 0 Å². The molecule has 0 saturated heterocycles. The summed E-state index contributed by atoms with van der Waals surface area (Å²) in [6, 6.07) is 0. The van der Waals surface area contributed by atoms with E-state index >= 15 is 0 Å². The summed E-state index contributed by atoms with van der Waals surface area (Å²) in [5.41, 5.74) is 0. The molecule has 0 saturated carbocycles. The van der Waals surface area contributed by atoms with E-state index in [1.54, 1.807) is 18.1 Å². The molecular formula is C16H17ClN2S. The lowest BCUT2D eigenvalue weighted by Crippen LogP contribution is -1.98.